The molecule has 0 fully saturated rings. The topological polar surface area (TPSA) is 67.2 Å². The van der Waals surface area contributed by atoms with E-state index in [4.69, 9.17) is 28.2 Å². The smallest absolute Gasteiger partial charge is 0.230 e. The van der Waals surface area contributed by atoms with Gasteiger partial charge in [0.1, 0.15) is 5.52 Å². The summed E-state index contributed by atoms with van der Waals surface area (Å²) in [7, 11) is 0. The molecule has 0 saturated heterocycles. The van der Waals surface area contributed by atoms with Crippen LogP contribution in [0, 0.1) is 3.57 Å². The fraction of sp³-hybridized carbons (Fsp3) is 0.0455. The number of oxazole rings is 1. The summed E-state index contributed by atoms with van der Waals surface area (Å²) in [5.74, 6) is 0.310. The summed E-state index contributed by atoms with van der Waals surface area (Å²) in [6, 6.07) is 18.5. The monoisotopic (exact) mass is 625 g/mol. The van der Waals surface area contributed by atoms with Crippen LogP contribution in [-0.4, -0.2) is 16.0 Å². The first-order valence-electron chi connectivity index (χ1n) is 9.09. The van der Waals surface area contributed by atoms with E-state index in [0.29, 0.717) is 27.7 Å². The minimum absolute atomic E-state index is 0.204. The van der Waals surface area contributed by atoms with Crippen LogP contribution >= 0.6 is 62.3 Å². The highest BCUT2D eigenvalue weighted by atomic mass is 127. The number of benzene rings is 3. The molecule has 1 heterocycles. The lowest BCUT2D eigenvalue weighted by molar-refractivity contribution is -0.119. The van der Waals surface area contributed by atoms with Gasteiger partial charge in [0.15, 0.2) is 10.7 Å². The molecule has 5 nitrogen and oxygen atoms in total. The van der Waals surface area contributed by atoms with Crippen LogP contribution in [0.1, 0.15) is 5.56 Å². The van der Waals surface area contributed by atoms with Crippen LogP contribution in [-0.2, 0) is 11.2 Å². The molecule has 4 rings (SSSR count). The van der Waals surface area contributed by atoms with Crippen molar-refractivity contribution in [2.45, 2.75) is 6.42 Å². The molecular formula is C22H14BrClIN3O2S. The van der Waals surface area contributed by atoms with Crippen molar-refractivity contribution >= 4 is 90.1 Å². The third-order valence-electron chi connectivity index (χ3n) is 4.34. The molecule has 156 valence electrons. The van der Waals surface area contributed by atoms with E-state index in [2.05, 4.69) is 54.1 Å². The molecule has 0 atom stereocenters. The number of hydrogen-bond donors (Lipinski definition) is 2. The summed E-state index contributed by atoms with van der Waals surface area (Å²) >= 11 is 16.9. The zero-order valence-electron chi connectivity index (χ0n) is 15.8. The number of rotatable bonds is 4. The van der Waals surface area contributed by atoms with E-state index >= 15 is 0 Å². The number of carbonyl (C=O) groups is 1. The first-order valence-corrected chi connectivity index (χ1v) is 11.7. The standard InChI is InChI=1S/C22H14BrClIN3O2S/c23-17-7-5-14(25)10-16(17)21-27-18-11-15(6-8-19(18)30-21)26-22(31)28-20(29)9-12-1-3-13(24)4-2-12/h1-8,10-11H,9H2,(H2,26,28,29,31). The number of hydrogen-bond acceptors (Lipinski definition) is 4. The second-order valence-corrected chi connectivity index (χ2v) is 9.58. The van der Waals surface area contributed by atoms with Gasteiger partial charge in [-0.2, -0.15) is 0 Å². The third-order valence-corrected chi connectivity index (χ3v) is 6.15. The molecule has 2 N–H and O–H groups in total. The molecule has 31 heavy (non-hydrogen) atoms. The number of nitrogens with zero attached hydrogens (tertiary/aromatic N) is 1. The van der Waals surface area contributed by atoms with Crippen molar-refractivity contribution in [3.63, 3.8) is 0 Å². The number of anilines is 1. The van der Waals surface area contributed by atoms with Crippen molar-refractivity contribution in [2.75, 3.05) is 5.32 Å². The summed E-state index contributed by atoms with van der Waals surface area (Å²) in [4.78, 5) is 16.8. The number of aromatic nitrogens is 1. The van der Waals surface area contributed by atoms with Crippen molar-refractivity contribution in [3.8, 4) is 11.5 Å². The van der Waals surface area contributed by atoms with Gasteiger partial charge in [0.25, 0.3) is 0 Å². The van der Waals surface area contributed by atoms with Crippen LogP contribution < -0.4 is 10.6 Å². The third kappa shape index (κ3) is 5.62. The Morgan fingerprint density at radius 2 is 1.90 bits per heavy atom. The van der Waals surface area contributed by atoms with Crippen LogP contribution in [0.25, 0.3) is 22.6 Å². The minimum Gasteiger partial charge on any atom is -0.436 e. The van der Waals surface area contributed by atoms with Gasteiger partial charge in [-0.1, -0.05) is 23.7 Å². The maximum atomic E-state index is 12.2. The molecule has 3 aromatic carbocycles. The average molecular weight is 627 g/mol. The number of fused-ring (bicyclic) bond motifs is 1. The molecule has 9 heteroatoms. The molecule has 0 saturated carbocycles. The van der Waals surface area contributed by atoms with Gasteiger partial charge in [0.05, 0.1) is 12.0 Å². The van der Waals surface area contributed by atoms with E-state index in [1.54, 1.807) is 24.3 Å². The van der Waals surface area contributed by atoms with Gasteiger partial charge < -0.3 is 15.1 Å². The highest BCUT2D eigenvalue weighted by Crippen LogP contribution is 2.32. The van der Waals surface area contributed by atoms with E-state index in [0.717, 1.165) is 19.2 Å². The van der Waals surface area contributed by atoms with Gasteiger partial charge in [0, 0.05) is 18.8 Å². The Morgan fingerprint density at radius 3 is 2.68 bits per heavy atom. The average Bonchev–Trinajstić information content (AvgIpc) is 3.14. The predicted octanol–water partition coefficient (Wildman–Crippen LogP) is 6.57. The Hall–Kier alpha value is -2.01. The normalized spacial score (nSPS) is 10.8. The zero-order chi connectivity index (χ0) is 22.0. The molecule has 0 aliphatic carbocycles. The van der Waals surface area contributed by atoms with E-state index in [1.807, 2.05) is 36.4 Å². The molecule has 0 aliphatic heterocycles. The number of amides is 1. The molecule has 4 aromatic rings. The van der Waals surface area contributed by atoms with Crippen LogP contribution in [0.2, 0.25) is 5.02 Å². The van der Waals surface area contributed by atoms with Gasteiger partial charge in [-0.25, -0.2) is 4.98 Å². The lowest BCUT2D eigenvalue weighted by atomic mass is 10.1. The maximum absolute atomic E-state index is 12.2. The van der Waals surface area contributed by atoms with Crippen LogP contribution in [0.4, 0.5) is 5.69 Å². The van der Waals surface area contributed by atoms with Crippen molar-refractivity contribution in [2.24, 2.45) is 0 Å². The SMILES string of the molecule is O=C(Cc1ccc(Cl)cc1)NC(=S)Nc1ccc2oc(-c3cc(I)ccc3Br)nc2c1. The van der Waals surface area contributed by atoms with Crippen LogP contribution in [0.15, 0.2) is 69.6 Å². The van der Waals surface area contributed by atoms with Crippen LogP contribution in [0.5, 0.6) is 0 Å². The van der Waals surface area contributed by atoms with E-state index in [9.17, 15) is 4.79 Å². The molecule has 0 bridgehead atoms. The summed E-state index contributed by atoms with van der Waals surface area (Å²) < 4.78 is 7.89. The maximum Gasteiger partial charge on any atom is 0.230 e. The van der Waals surface area contributed by atoms with Crippen LogP contribution in [0.3, 0.4) is 0 Å². The molecule has 0 spiro atoms. The Bertz CT molecular complexity index is 1290. The Balaban J connectivity index is 1.44. The summed E-state index contributed by atoms with van der Waals surface area (Å²) in [6.45, 7) is 0. The van der Waals surface area contributed by atoms with Gasteiger partial charge in [-0.3, -0.25) is 4.79 Å². The second-order valence-electron chi connectivity index (χ2n) is 6.63. The van der Waals surface area contributed by atoms with Gasteiger partial charge in [0.2, 0.25) is 11.8 Å². The lowest BCUT2D eigenvalue weighted by Crippen LogP contribution is -2.35. The molecule has 0 aliphatic rings. The zero-order valence-corrected chi connectivity index (χ0v) is 21.1. The molecule has 1 aromatic heterocycles. The number of halogens is 3. The first-order chi connectivity index (χ1) is 14.9. The lowest BCUT2D eigenvalue weighted by Gasteiger charge is -2.09. The quantitative estimate of drug-likeness (QED) is 0.198. The minimum atomic E-state index is -0.215. The highest BCUT2D eigenvalue weighted by Gasteiger charge is 2.13. The highest BCUT2D eigenvalue weighted by molar-refractivity contribution is 14.1. The largest absolute Gasteiger partial charge is 0.436 e. The molecule has 1 amide bonds. The van der Waals surface area contributed by atoms with E-state index in [1.165, 1.54) is 0 Å². The van der Waals surface area contributed by atoms with Crippen molar-refractivity contribution in [1.82, 2.24) is 10.3 Å². The van der Waals surface area contributed by atoms with E-state index < -0.39 is 0 Å². The van der Waals surface area contributed by atoms with Crippen molar-refractivity contribution in [1.29, 1.82) is 0 Å². The first kappa shape index (κ1) is 22.2. The number of thiocarbonyl (C=S) groups is 1. The van der Waals surface area contributed by atoms with Crippen molar-refractivity contribution in [3.05, 3.63) is 79.3 Å². The summed E-state index contributed by atoms with van der Waals surface area (Å²) in [5, 5.41) is 6.53. The Labute approximate surface area is 210 Å². The fourth-order valence-corrected chi connectivity index (χ4v) is 4.17. The molecule has 0 radical (unpaired) electrons. The van der Waals surface area contributed by atoms with Gasteiger partial charge in [-0.05, 0) is 105 Å². The second kappa shape index (κ2) is 9.64. The van der Waals surface area contributed by atoms with Gasteiger partial charge in [-0.15, -0.1) is 0 Å². The number of nitrogens with one attached hydrogen (secondary N) is 2. The predicted molar refractivity (Wildman–Crippen MR) is 139 cm³/mol. The molecular weight excluding hydrogens is 613 g/mol. The Morgan fingerprint density at radius 1 is 1.13 bits per heavy atom. The Kier molecular flexibility index (Phi) is 6.90. The number of carbonyl (C=O) groups excluding carboxylic acids is 1. The fourth-order valence-electron chi connectivity index (χ4n) is 2.90. The van der Waals surface area contributed by atoms with Gasteiger partial charge >= 0.3 is 0 Å². The summed E-state index contributed by atoms with van der Waals surface area (Å²) in [6.07, 6.45) is 0.204. The van der Waals surface area contributed by atoms with E-state index in [-0.39, 0.29) is 17.4 Å². The summed E-state index contributed by atoms with van der Waals surface area (Å²) in [5.41, 5.74) is 3.77. The molecule has 0 unspecified atom stereocenters. The van der Waals surface area contributed by atoms with Crippen molar-refractivity contribution < 1.29 is 9.21 Å².